The van der Waals surface area contributed by atoms with Crippen molar-refractivity contribution in [1.82, 2.24) is 14.3 Å². The monoisotopic (exact) mass is 354 g/mol. The van der Waals surface area contributed by atoms with Gasteiger partial charge in [-0.05, 0) is 25.0 Å². The van der Waals surface area contributed by atoms with Crippen LogP contribution in [0.4, 0.5) is 5.69 Å². The first-order valence-corrected chi connectivity index (χ1v) is 9.00. The van der Waals surface area contributed by atoms with Crippen LogP contribution in [0.15, 0.2) is 35.8 Å². The molecule has 2 amide bonds. The standard InChI is InChI=1S/C18H18N4O2S/c1-21(2)17(24)15-10-25-18-20-14(9-22(15)18)11-5-7-13(8-6-11)19-16(23)12-3-4-12/h5-10,12H,3-4H2,1-2H3,(H,19,23). The van der Waals surface area contributed by atoms with Gasteiger partial charge in [0.05, 0.1) is 5.69 Å². The zero-order valence-corrected chi connectivity index (χ0v) is 14.8. The second kappa shape index (κ2) is 6.00. The molecule has 0 spiro atoms. The number of carbonyl (C=O) groups excluding carboxylic acids is 2. The van der Waals surface area contributed by atoms with Gasteiger partial charge in [-0.3, -0.25) is 14.0 Å². The highest BCUT2D eigenvalue weighted by Crippen LogP contribution is 2.30. The lowest BCUT2D eigenvalue weighted by molar-refractivity contribution is -0.117. The molecule has 3 aromatic rings. The van der Waals surface area contributed by atoms with Crippen LogP contribution in [0.2, 0.25) is 0 Å². The van der Waals surface area contributed by atoms with Crippen LogP contribution in [-0.4, -0.2) is 40.2 Å². The Kier molecular flexibility index (Phi) is 3.80. The minimum absolute atomic E-state index is 0.0478. The van der Waals surface area contributed by atoms with Crippen LogP contribution < -0.4 is 5.32 Å². The van der Waals surface area contributed by atoms with E-state index in [1.165, 1.54) is 11.3 Å². The van der Waals surface area contributed by atoms with Gasteiger partial charge in [0.25, 0.3) is 5.91 Å². The highest BCUT2D eigenvalue weighted by Gasteiger charge is 2.29. The number of amides is 2. The molecule has 128 valence electrons. The third-order valence-corrected chi connectivity index (χ3v) is 5.07. The Balaban J connectivity index is 1.59. The summed E-state index contributed by atoms with van der Waals surface area (Å²) >= 11 is 1.44. The van der Waals surface area contributed by atoms with E-state index < -0.39 is 0 Å². The summed E-state index contributed by atoms with van der Waals surface area (Å²) in [7, 11) is 3.47. The highest BCUT2D eigenvalue weighted by atomic mass is 32.1. The fourth-order valence-corrected chi connectivity index (χ4v) is 3.47. The van der Waals surface area contributed by atoms with Gasteiger partial charge in [0.2, 0.25) is 5.91 Å². The minimum Gasteiger partial charge on any atom is -0.343 e. The fourth-order valence-electron chi connectivity index (χ4n) is 2.62. The summed E-state index contributed by atoms with van der Waals surface area (Å²) in [6, 6.07) is 7.63. The molecule has 7 heteroatoms. The molecule has 6 nitrogen and oxygen atoms in total. The van der Waals surface area contributed by atoms with Crippen molar-refractivity contribution >= 4 is 33.8 Å². The predicted octanol–water partition coefficient (Wildman–Crippen LogP) is 3.11. The molecule has 1 aromatic carbocycles. The first-order chi connectivity index (χ1) is 12.0. The number of anilines is 1. The topological polar surface area (TPSA) is 66.7 Å². The zero-order chi connectivity index (χ0) is 17.6. The largest absolute Gasteiger partial charge is 0.343 e. The summed E-state index contributed by atoms with van der Waals surface area (Å²) in [5.41, 5.74) is 3.16. The normalized spacial score (nSPS) is 13.8. The number of hydrogen-bond donors (Lipinski definition) is 1. The smallest absolute Gasteiger partial charge is 0.271 e. The maximum atomic E-state index is 12.2. The van der Waals surface area contributed by atoms with Gasteiger partial charge in [-0.2, -0.15) is 0 Å². The number of hydrogen-bond acceptors (Lipinski definition) is 4. The van der Waals surface area contributed by atoms with Crippen LogP contribution in [0.25, 0.3) is 16.2 Å². The van der Waals surface area contributed by atoms with E-state index in [0.29, 0.717) is 5.69 Å². The summed E-state index contributed by atoms with van der Waals surface area (Å²) in [6.07, 6.45) is 3.85. The lowest BCUT2D eigenvalue weighted by Crippen LogP contribution is -2.22. The second-order valence-electron chi connectivity index (χ2n) is 6.44. The lowest BCUT2D eigenvalue weighted by Gasteiger charge is -2.08. The Morgan fingerprint density at radius 1 is 1.24 bits per heavy atom. The molecular weight excluding hydrogens is 336 g/mol. The van der Waals surface area contributed by atoms with E-state index in [4.69, 9.17) is 0 Å². The average molecular weight is 354 g/mol. The van der Waals surface area contributed by atoms with Crippen molar-refractivity contribution in [2.24, 2.45) is 5.92 Å². The Morgan fingerprint density at radius 3 is 2.60 bits per heavy atom. The molecule has 2 heterocycles. The van der Waals surface area contributed by atoms with Crippen LogP contribution in [0.1, 0.15) is 23.3 Å². The molecule has 0 aliphatic heterocycles. The number of imidazole rings is 1. The summed E-state index contributed by atoms with van der Waals surface area (Å²) in [5, 5.41) is 4.75. The lowest BCUT2D eigenvalue weighted by atomic mass is 10.1. The van der Waals surface area contributed by atoms with E-state index in [1.807, 2.05) is 40.2 Å². The average Bonchev–Trinajstić information content (AvgIpc) is 3.25. The van der Waals surface area contributed by atoms with E-state index in [-0.39, 0.29) is 17.7 Å². The summed E-state index contributed by atoms with van der Waals surface area (Å²) in [5.74, 6) is 0.239. The Bertz CT molecular complexity index is 951. The van der Waals surface area contributed by atoms with E-state index in [0.717, 1.165) is 34.7 Å². The molecule has 4 rings (SSSR count). The van der Waals surface area contributed by atoms with E-state index in [2.05, 4.69) is 10.3 Å². The van der Waals surface area contributed by atoms with Crippen molar-refractivity contribution in [2.45, 2.75) is 12.8 Å². The van der Waals surface area contributed by atoms with Gasteiger partial charge in [-0.1, -0.05) is 12.1 Å². The van der Waals surface area contributed by atoms with Crippen molar-refractivity contribution in [3.63, 3.8) is 0 Å². The fraction of sp³-hybridized carbons (Fsp3) is 0.278. The summed E-state index contributed by atoms with van der Waals surface area (Å²) < 4.78 is 1.82. The van der Waals surface area contributed by atoms with E-state index >= 15 is 0 Å². The number of aromatic nitrogens is 2. The SMILES string of the molecule is CN(C)C(=O)c1csc2nc(-c3ccc(NC(=O)C4CC4)cc3)cn12. The number of carbonyl (C=O) groups is 2. The van der Waals surface area contributed by atoms with Gasteiger partial charge >= 0.3 is 0 Å². The Labute approximate surface area is 149 Å². The van der Waals surface area contributed by atoms with Crippen molar-refractivity contribution in [1.29, 1.82) is 0 Å². The van der Waals surface area contributed by atoms with E-state index in [9.17, 15) is 9.59 Å². The first kappa shape index (κ1) is 15.8. The first-order valence-electron chi connectivity index (χ1n) is 8.12. The van der Waals surface area contributed by atoms with Gasteiger partial charge in [0.1, 0.15) is 5.69 Å². The van der Waals surface area contributed by atoms with Crippen LogP contribution in [0, 0.1) is 5.92 Å². The summed E-state index contributed by atoms with van der Waals surface area (Å²) in [4.78, 5) is 31.0. The molecule has 1 aliphatic rings. The van der Waals surface area contributed by atoms with Crippen LogP contribution >= 0.6 is 11.3 Å². The van der Waals surface area contributed by atoms with Crippen LogP contribution in [0.5, 0.6) is 0 Å². The Hall–Kier alpha value is -2.67. The van der Waals surface area contributed by atoms with E-state index in [1.54, 1.807) is 19.0 Å². The van der Waals surface area contributed by atoms with Crippen LogP contribution in [0.3, 0.4) is 0 Å². The number of benzene rings is 1. The molecule has 1 fully saturated rings. The molecule has 25 heavy (non-hydrogen) atoms. The molecule has 0 bridgehead atoms. The second-order valence-corrected chi connectivity index (χ2v) is 7.28. The highest BCUT2D eigenvalue weighted by molar-refractivity contribution is 7.15. The van der Waals surface area contributed by atoms with Gasteiger partial charge < -0.3 is 10.2 Å². The molecule has 0 atom stereocenters. The van der Waals surface area contributed by atoms with Gasteiger partial charge in [0, 0.05) is 42.8 Å². The number of fused-ring (bicyclic) bond motifs is 1. The maximum absolute atomic E-state index is 12.2. The Morgan fingerprint density at radius 2 is 1.96 bits per heavy atom. The van der Waals surface area contributed by atoms with Crippen molar-refractivity contribution in [3.8, 4) is 11.3 Å². The molecular formula is C18H18N4O2S. The third kappa shape index (κ3) is 3.02. The number of nitrogens with one attached hydrogen (secondary N) is 1. The quantitative estimate of drug-likeness (QED) is 0.783. The zero-order valence-electron chi connectivity index (χ0n) is 14.0. The van der Waals surface area contributed by atoms with Crippen LogP contribution in [-0.2, 0) is 4.79 Å². The predicted molar refractivity (Wildman–Crippen MR) is 97.9 cm³/mol. The molecule has 0 saturated heterocycles. The summed E-state index contributed by atoms with van der Waals surface area (Å²) in [6.45, 7) is 0. The maximum Gasteiger partial charge on any atom is 0.271 e. The van der Waals surface area contributed by atoms with Crippen molar-refractivity contribution < 1.29 is 9.59 Å². The number of nitrogens with zero attached hydrogens (tertiary/aromatic N) is 3. The molecule has 0 unspecified atom stereocenters. The minimum atomic E-state index is -0.0478. The number of thiazole rings is 1. The number of rotatable bonds is 4. The van der Waals surface area contributed by atoms with Gasteiger partial charge in [0.15, 0.2) is 4.96 Å². The molecule has 1 N–H and O–H groups in total. The van der Waals surface area contributed by atoms with Crippen molar-refractivity contribution in [2.75, 3.05) is 19.4 Å². The molecule has 0 radical (unpaired) electrons. The molecule has 1 saturated carbocycles. The molecule has 1 aliphatic carbocycles. The van der Waals surface area contributed by atoms with Crippen molar-refractivity contribution in [3.05, 3.63) is 41.5 Å². The van der Waals surface area contributed by atoms with Gasteiger partial charge in [-0.15, -0.1) is 11.3 Å². The third-order valence-electron chi connectivity index (χ3n) is 4.23. The molecule has 2 aromatic heterocycles. The van der Waals surface area contributed by atoms with Gasteiger partial charge in [-0.25, -0.2) is 4.98 Å².